The molecule has 2 aromatic rings. The van der Waals surface area contributed by atoms with Gasteiger partial charge in [-0.05, 0) is 30.2 Å². The number of likely N-dealkylation sites (tertiary alicyclic amines) is 1. The molecule has 4 rings (SSSR count). The molecule has 5 nitrogen and oxygen atoms in total. The molecule has 1 amide bonds. The number of amides is 1. The normalized spacial score (nSPS) is 25.7. The van der Waals surface area contributed by atoms with Gasteiger partial charge in [0.15, 0.2) is 0 Å². The van der Waals surface area contributed by atoms with Gasteiger partial charge in [-0.1, -0.05) is 32.9 Å². The van der Waals surface area contributed by atoms with E-state index in [2.05, 4.69) is 10.3 Å². The minimum absolute atomic E-state index is 0.0426. The third-order valence-corrected chi connectivity index (χ3v) is 6.31. The molecule has 3 heterocycles. The quantitative estimate of drug-likeness (QED) is 0.761. The third-order valence-electron chi connectivity index (χ3n) is 6.31. The Bertz CT molecular complexity index is 981. The van der Waals surface area contributed by atoms with Crippen LogP contribution >= 0.6 is 0 Å². The predicted octanol–water partition coefficient (Wildman–Crippen LogP) is 4.36. The van der Waals surface area contributed by atoms with Gasteiger partial charge in [-0.25, -0.2) is 23.1 Å². The van der Waals surface area contributed by atoms with Gasteiger partial charge >= 0.3 is 0 Å². The summed E-state index contributed by atoms with van der Waals surface area (Å²) < 4.78 is 41.1. The molecule has 0 aliphatic carbocycles. The number of alkyl halides is 2. The standard InChI is InChI=1S/C24H29F3N4O/c1-23(2,3)22-28-10-7-18(30-22)17-14-19(21(32)31-11-8-24(26,27)9-12-31)29-20(17)15-5-4-6-16(25)13-15/h4-7,10,13,17,19-20,29H,8-9,11-12,14H2,1-3H3/t17-,19+,20+/m1/s1. The Hall–Kier alpha value is -2.48. The lowest BCUT2D eigenvalue weighted by molar-refractivity contribution is -0.139. The molecular weight excluding hydrogens is 417 g/mol. The molecular formula is C24H29F3N4O. The number of rotatable bonds is 3. The summed E-state index contributed by atoms with van der Waals surface area (Å²) in [6.45, 7) is 6.17. The molecule has 1 aromatic carbocycles. The minimum Gasteiger partial charge on any atom is -0.341 e. The number of halogens is 3. The topological polar surface area (TPSA) is 58.1 Å². The maximum absolute atomic E-state index is 14.0. The van der Waals surface area contributed by atoms with Crippen LogP contribution in [0, 0.1) is 5.82 Å². The SMILES string of the molecule is CC(C)(C)c1nccc([C@H]2C[C@@H](C(=O)N3CCC(F)(F)CC3)N[C@H]2c2cccc(F)c2)n1. The third kappa shape index (κ3) is 4.80. The summed E-state index contributed by atoms with van der Waals surface area (Å²) in [4.78, 5) is 23.9. The van der Waals surface area contributed by atoms with Gasteiger partial charge in [-0.3, -0.25) is 10.1 Å². The molecule has 1 aromatic heterocycles. The number of hydrogen-bond donors (Lipinski definition) is 1. The van der Waals surface area contributed by atoms with E-state index in [1.807, 2.05) is 32.9 Å². The number of nitrogens with one attached hydrogen (secondary N) is 1. The first-order chi connectivity index (χ1) is 15.0. The van der Waals surface area contributed by atoms with Gasteiger partial charge in [-0.15, -0.1) is 0 Å². The molecule has 0 radical (unpaired) electrons. The van der Waals surface area contributed by atoms with E-state index in [0.717, 1.165) is 11.3 Å². The highest BCUT2D eigenvalue weighted by Gasteiger charge is 2.43. The van der Waals surface area contributed by atoms with Crippen molar-refractivity contribution in [3.05, 3.63) is 59.4 Å². The van der Waals surface area contributed by atoms with E-state index in [1.165, 1.54) is 17.0 Å². The summed E-state index contributed by atoms with van der Waals surface area (Å²) in [6.07, 6.45) is 1.53. The molecule has 32 heavy (non-hydrogen) atoms. The predicted molar refractivity (Wildman–Crippen MR) is 115 cm³/mol. The van der Waals surface area contributed by atoms with E-state index < -0.39 is 12.0 Å². The summed E-state index contributed by atoms with van der Waals surface area (Å²) in [7, 11) is 0. The number of carbonyl (C=O) groups is 1. The van der Waals surface area contributed by atoms with Crippen LogP contribution in [0.25, 0.3) is 0 Å². The Balaban J connectivity index is 1.62. The highest BCUT2D eigenvalue weighted by atomic mass is 19.3. The zero-order chi connectivity index (χ0) is 23.1. The first kappa shape index (κ1) is 22.7. The van der Waals surface area contributed by atoms with E-state index in [4.69, 9.17) is 4.98 Å². The van der Waals surface area contributed by atoms with Crippen molar-refractivity contribution < 1.29 is 18.0 Å². The lowest BCUT2D eigenvalue weighted by Gasteiger charge is -2.33. The van der Waals surface area contributed by atoms with Gasteiger partial charge in [0.1, 0.15) is 11.6 Å². The van der Waals surface area contributed by atoms with Crippen LogP contribution < -0.4 is 5.32 Å². The van der Waals surface area contributed by atoms with Crippen LogP contribution in [0.2, 0.25) is 0 Å². The van der Waals surface area contributed by atoms with Gasteiger partial charge in [0, 0.05) is 55.2 Å². The van der Waals surface area contributed by atoms with Crippen LogP contribution in [0.5, 0.6) is 0 Å². The Morgan fingerprint density at radius 3 is 2.56 bits per heavy atom. The fourth-order valence-corrected chi connectivity index (χ4v) is 4.50. The zero-order valence-corrected chi connectivity index (χ0v) is 18.6. The van der Waals surface area contributed by atoms with Crippen molar-refractivity contribution in [2.45, 2.75) is 69.4 Å². The number of hydrogen-bond acceptors (Lipinski definition) is 4. The van der Waals surface area contributed by atoms with Crippen molar-refractivity contribution in [2.75, 3.05) is 13.1 Å². The summed E-state index contributed by atoms with van der Waals surface area (Å²) in [5.74, 6) is -2.73. The Kier molecular flexibility index (Phi) is 6.00. The van der Waals surface area contributed by atoms with Crippen molar-refractivity contribution in [3.63, 3.8) is 0 Å². The Labute approximate surface area is 186 Å². The van der Waals surface area contributed by atoms with Gasteiger partial charge < -0.3 is 4.90 Å². The van der Waals surface area contributed by atoms with Gasteiger partial charge in [0.05, 0.1) is 6.04 Å². The zero-order valence-electron chi connectivity index (χ0n) is 18.6. The lowest BCUT2D eigenvalue weighted by Crippen LogP contribution is -2.49. The molecule has 0 spiro atoms. The molecule has 0 unspecified atom stereocenters. The molecule has 172 valence electrons. The molecule has 2 aliphatic rings. The molecule has 1 N–H and O–H groups in total. The van der Waals surface area contributed by atoms with Crippen LogP contribution in [0.3, 0.4) is 0 Å². The average Bonchev–Trinajstić information content (AvgIpc) is 3.18. The van der Waals surface area contributed by atoms with E-state index in [1.54, 1.807) is 12.3 Å². The van der Waals surface area contributed by atoms with Crippen molar-refractivity contribution in [3.8, 4) is 0 Å². The minimum atomic E-state index is -2.71. The van der Waals surface area contributed by atoms with Crippen LogP contribution in [-0.2, 0) is 10.2 Å². The highest BCUT2D eigenvalue weighted by Crippen LogP contribution is 2.41. The van der Waals surface area contributed by atoms with Crippen LogP contribution in [0.1, 0.15) is 69.1 Å². The molecule has 2 saturated heterocycles. The van der Waals surface area contributed by atoms with Crippen LogP contribution in [-0.4, -0.2) is 45.8 Å². The van der Waals surface area contributed by atoms with Crippen molar-refractivity contribution >= 4 is 5.91 Å². The first-order valence-corrected chi connectivity index (χ1v) is 11.0. The smallest absolute Gasteiger partial charge is 0.251 e. The number of piperidine rings is 1. The highest BCUT2D eigenvalue weighted by molar-refractivity contribution is 5.82. The van der Waals surface area contributed by atoms with Crippen LogP contribution in [0.4, 0.5) is 13.2 Å². The monoisotopic (exact) mass is 446 g/mol. The molecule has 0 saturated carbocycles. The summed E-state index contributed by atoms with van der Waals surface area (Å²) in [6, 6.07) is 7.28. The summed E-state index contributed by atoms with van der Waals surface area (Å²) in [5.41, 5.74) is 1.27. The molecule has 2 aliphatic heterocycles. The lowest BCUT2D eigenvalue weighted by atomic mass is 9.89. The van der Waals surface area contributed by atoms with Crippen molar-refractivity contribution in [2.24, 2.45) is 0 Å². The van der Waals surface area contributed by atoms with Crippen LogP contribution in [0.15, 0.2) is 36.5 Å². The second kappa shape index (κ2) is 8.46. The van der Waals surface area contributed by atoms with E-state index in [-0.39, 0.29) is 55.0 Å². The molecule has 0 bridgehead atoms. The number of aromatic nitrogens is 2. The fourth-order valence-electron chi connectivity index (χ4n) is 4.50. The molecule has 3 atom stereocenters. The number of carbonyl (C=O) groups excluding carboxylic acids is 1. The maximum atomic E-state index is 14.0. The number of nitrogens with zero attached hydrogens (tertiary/aromatic N) is 3. The summed E-state index contributed by atoms with van der Waals surface area (Å²) in [5, 5.41) is 3.35. The second-order valence-corrected chi connectivity index (χ2v) is 9.83. The van der Waals surface area contributed by atoms with Gasteiger partial charge in [0.2, 0.25) is 5.91 Å². The van der Waals surface area contributed by atoms with Gasteiger partial charge in [-0.2, -0.15) is 0 Å². The molecule has 8 heteroatoms. The Morgan fingerprint density at radius 1 is 1.19 bits per heavy atom. The Morgan fingerprint density at radius 2 is 1.91 bits per heavy atom. The van der Waals surface area contributed by atoms with Gasteiger partial charge in [0.25, 0.3) is 5.92 Å². The van der Waals surface area contributed by atoms with E-state index >= 15 is 0 Å². The first-order valence-electron chi connectivity index (χ1n) is 11.0. The van der Waals surface area contributed by atoms with Crippen molar-refractivity contribution in [1.29, 1.82) is 0 Å². The van der Waals surface area contributed by atoms with E-state index in [0.29, 0.717) is 12.2 Å². The second-order valence-electron chi connectivity index (χ2n) is 9.83. The van der Waals surface area contributed by atoms with Crippen molar-refractivity contribution in [1.82, 2.24) is 20.2 Å². The molecule has 2 fully saturated rings. The maximum Gasteiger partial charge on any atom is 0.251 e. The average molecular weight is 447 g/mol. The van der Waals surface area contributed by atoms with E-state index in [9.17, 15) is 18.0 Å². The fraction of sp³-hybridized carbons (Fsp3) is 0.542. The number of benzene rings is 1. The largest absolute Gasteiger partial charge is 0.341 e. The summed E-state index contributed by atoms with van der Waals surface area (Å²) >= 11 is 0.